The number of hydrogen-bond donors (Lipinski definition) is 1. The van der Waals surface area contributed by atoms with Crippen LogP contribution in [0.15, 0.2) is 12.1 Å². The molecule has 0 atom stereocenters. The van der Waals surface area contributed by atoms with Gasteiger partial charge in [-0.1, -0.05) is 0 Å². The molecular formula is C10H12INO4. The molecule has 1 rings (SSSR count). The van der Waals surface area contributed by atoms with Gasteiger partial charge in [-0.15, -0.1) is 0 Å². The van der Waals surface area contributed by atoms with Crippen LogP contribution in [-0.2, 0) is 0 Å². The number of ether oxygens (including phenoxy) is 3. The summed E-state index contributed by atoms with van der Waals surface area (Å²) in [4.78, 5) is 11.5. The zero-order valence-corrected chi connectivity index (χ0v) is 11.3. The van der Waals surface area contributed by atoms with Crippen molar-refractivity contribution in [1.82, 2.24) is 3.53 Å². The summed E-state index contributed by atoms with van der Waals surface area (Å²) in [6.45, 7) is 0. The van der Waals surface area contributed by atoms with Gasteiger partial charge in [0, 0.05) is 5.56 Å². The van der Waals surface area contributed by atoms with Gasteiger partial charge in [-0.25, -0.2) is 0 Å². The van der Waals surface area contributed by atoms with Crippen molar-refractivity contribution in [3.05, 3.63) is 17.7 Å². The number of methoxy groups -OCH3 is 3. The van der Waals surface area contributed by atoms with Crippen molar-refractivity contribution >= 4 is 28.8 Å². The summed E-state index contributed by atoms with van der Waals surface area (Å²) in [7, 11) is 4.52. The molecule has 16 heavy (non-hydrogen) atoms. The van der Waals surface area contributed by atoms with Crippen LogP contribution in [-0.4, -0.2) is 27.2 Å². The lowest BCUT2D eigenvalue weighted by Crippen LogP contribution is -2.12. The Balaban J connectivity index is 3.31. The van der Waals surface area contributed by atoms with Crippen LogP contribution < -0.4 is 17.7 Å². The Bertz CT molecular complexity index is 369. The van der Waals surface area contributed by atoms with E-state index in [1.54, 1.807) is 35.0 Å². The maximum absolute atomic E-state index is 11.5. The molecule has 0 bridgehead atoms. The fraction of sp³-hybridized carbons (Fsp3) is 0.300. The average Bonchev–Trinajstić information content (AvgIpc) is 2.35. The van der Waals surface area contributed by atoms with E-state index in [-0.39, 0.29) is 5.91 Å². The Hall–Kier alpha value is -1.18. The highest BCUT2D eigenvalue weighted by Gasteiger charge is 2.16. The molecule has 0 aliphatic rings. The van der Waals surface area contributed by atoms with Gasteiger partial charge in [0.1, 0.15) is 0 Å². The van der Waals surface area contributed by atoms with Gasteiger partial charge in [-0.3, -0.25) is 8.32 Å². The van der Waals surface area contributed by atoms with Crippen LogP contribution in [0.1, 0.15) is 10.4 Å². The summed E-state index contributed by atoms with van der Waals surface area (Å²) in [5.41, 5.74) is 0.448. The van der Waals surface area contributed by atoms with E-state index in [2.05, 4.69) is 3.53 Å². The number of benzene rings is 1. The van der Waals surface area contributed by atoms with Crippen molar-refractivity contribution in [3.63, 3.8) is 0 Å². The number of nitrogens with one attached hydrogen (secondary N) is 1. The Labute approximate surface area is 108 Å². The van der Waals surface area contributed by atoms with Crippen LogP contribution >= 0.6 is 22.9 Å². The predicted octanol–water partition coefficient (Wildman–Crippen LogP) is 1.79. The van der Waals surface area contributed by atoms with E-state index in [1.807, 2.05) is 0 Å². The number of carbonyl (C=O) groups excluding carboxylic acids is 1. The molecule has 88 valence electrons. The third-order valence-corrected chi connectivity index (χ3v) is 2.50. The van der Waals surface area contributed by atoms with Gasteiger partial charge in [-0.05, 0) is 12.1 Å². The zero-order valence-electron chi connectivity index (χ0n) is 9.17. The summed E-state index contributed by atoms with van der Waals surface area (Å²) < 4.78 is 17.9. The molecule has 5 nitrogen and oxygen atoms in total. The lowest BCUT2D eigenvalue weighted by Gasteiger charge is -2.13. The van der Waals surface area contributed by atoms with E-state index < -0.39 is 0 Å². The first-order chi connectivity index (χ1) is 7.67. The van der Waals surface area contributed by atoms with E-state index in [4.69, 9.17) is 14.2 Å². The molecule has 1 amide bonds. The fourth-order valence-electron chi connectivity index (χ4n) is 1.27. The second-order valence-electron chi connectivity index (χ2n) is 2.84. The van der Waals surface area contributed by atoms with E-state index in [0.29, 0.717) is 22.8 Å². The molecular weight excluding hydrogens is 325 g/mol. The van der Waals surface area contributed by atoms with Crippen LogP contribution in [0.4, 0.5) is 0 Å². The average molecular weight is 337 g/mol. The highest BCUT2D eigenvalue weighted by molar-refractivity contribution is 14.1. The fourth-order valence-corrected chi connectivity index (χ4v) is 1.58. The summed E-state index contributed by atoms with van der Waals surface area (Å²) in [6, 6.07) is 3.19. The first-order valence-electron chi connectivity index (χ1n) is 4.38. The topological polar surface area (TPSA) is 56.8 Å². The van der Waals surface area contributed by atoms with Gasteiger partial charge in [0.15, 0.2) is 11.5 Å². The molecule has 0 saturated carbocycles. The van der Waals surface area contributed by atoms with Crippen LogP contribution in [0, 0.1) is 0 Å². The minimum atomic E-state index is -0.222. The van der Waals surface area contributed by atoms with Gasteiger partial charge in [0.25, 0.3) is 5.91 Å². The molecule has 0 aliphatic carbocycles. The van der Waals surface area contributed by atoms with Gasteiger partial charge in [0.2, 0.25) is 5.75 Å². The van der Waals surface area contributed by atoms with Gasteiger partial charge >= 0.3 is 0 Å². The Kier molecular flexibility index (Phi) is 4.66. The zero-order chi connectivity index (χ0) is 12.1. The molecule has 0 spiro atoms. The number of rotatable bonds is 4. The van der Waals surface area contributed by atoms with Crippen LogP contribution in [0.25, 0.3) is 0 Å². The third-order valence-electron chi connectivity index (χ3n) is 2.01. The number of carbonyl (C=O) groups is 1. The molecule has 0 aliphatic heterocycles. The normalized spacial score (nSPS) is 9.50. The standard InChI is InChI=1S/C10H12INO4/c1-14-7-4-6(10(13)12-11)5-8(15-2)9(7)16-3/h4-5H,1-3H3,(H,12,13). The van der Waals surface area contributed by atoms with Crippen LogP contribution in [0.5, 0.6) is 17.2 Å². The van der Waals surface area contributed by atoms with Crippen molar-refractivity contribution in [2.75, 3.05) is 21.3 Å². The first kappa shape index (κ1) is 12.9. The monoisotopic (exact) mass is 337 g/mol. The van der Waals surface area contributed by atoms with E-state index in [1.165, 1.54) is 21.3 Å². The molecule has 0 saturated heterocycles. The minimum absolute atomic E-state index is 0.222. The summed E-state index contributed by atoms with van der Waals surface area (Å²) in [5, 5.41) is 0. The van der Waals surface area contributed by atoms with Crippen molar-refractivity contribution in [2.45, 2.75) is 0 Å². The molecule has 1 N–H and O–H groups in total. The smallest absolute Gasteiger partial charge is 0.260 e. The highest BCUT2D eigenvalue weighted by Crippen LogP contribution is 2.38. The number of halogens is 1. The molecule has 0 radical (unpaired) electrons. The van der Waals surface area contributed by atoms with Gasteiger partial charge in [0.05, 0.1) is 44.2 Å². The summed E-state index contributed by atoms with van der Waals surface area (Å²) >= 11 is 1.77. The molecule has 0 fully saturated rings. The molecule has 0 heterocycles. The number of hydrogen-bond acceptors (Lipinski definition) is 4. The SMILES string of the molecule is COc1cc(C(=O)NI)cc(OC)c1OC. The molecule has 6 heteroatoms. The predicted molar refractivity (Wildman–Crippen MR) is 67.6 cm³/mol. The summed E-state index contributed by atoms with van der Waals surface area (Å²) in [5.74, 6) is 1.16. The molecule has 0 aromatic heterocycles. The largest absolute Gasteiger partial charge is 0.493 e. The third kappa shape index (κ3) is 2.49. The Morgan fingerprint density at radius 2 is 1.62 bits per heavy atom. The van der Waals surface area contributed by atoms with Gasteiger partial charge < -0.3 is 14.2 Å². The Morgan fingerprint density at radius 3 is 1.94 bits per heavy atom. The molecule has 0 unspecified atom stereocenters. The second-order valence-corrected chi connectivity index (χ2v) is 3.38. The van der Waals surface area contributed by atoms with Crippen LogP contribution in [0.2, 0.25) is 0 Å². The lowest BCUT2D eigenvalue weighted by atomic mass is 10.1. The first-order valence-corrected chi connectivity index (χ1v) is 5.46. The Morgan fingerprint density at radius 1 is 1.12 bits per heavy atom. The lowest BCUT2D eigenvalue weighted by molar-refractivity contribution is 0.0989. The second kappa shape index (κ2) is 5.78. The van der Waals surface area contributed by atoms with Crippen molar-refractivity contribution in [2.24, 2.45) is 0 Å². The van der Waals surface area contributed by atoms with Crippen molar-refractivity contribution in [3.8, 4) is 17.2 Å². The van der Waals surface area contributed by atoms with Crippen molar-refractivity contribution < 1.29 is 19.0 Å². The van der Waals surface area contributed by atoms with Crippen molar-refractivity contribution in [1.29, 1.82) is 0 Å². The molecule has 1 aromatic rings. The maximum Gasteiger partial charge on any atom is 0.260 e. The van der Waals surface area contributed by atoms with Gasteiger partial charge in [-0.2, -0.15) is 0 Å². The summed E-state index contributed by atoms with van der Waals surface area (Å²) in [6.07, 6.45) is 0. The number of amides is 1. The quantitative estimate of drug-likeness (QED) is 0.672. The van der Waals surface area contributed by atoms with E-state index >= 15 is 0 Å². The minimum Gasteiger partial charge on any atom is -0.493 e. The highest BCUT2D eigenvalue weighted by atomic mass is 127. The maximum atomic E-state index is 11.5. The van der Waals surface area contributed by atoms with E-state index in [9.17, 15) is 4.79 Å². The molecule has 1 aromatic carbocycles. The van der Waals surface area contributed by atoms with E-state index in [0.717, 1.165) is 0 Å². The van der Waals surface area contributed by atoms with Crippen LogP contribution in [0.3, 0.4) is 0 Å².